The molecule has 0 saturated carbocycles. The van der Waals surface area contributed by atoms with Crippen LogP contribution >= 0.6 is 0 Å². The Morgan fingerprint density at radius 3 is 2.70 bits per heavy atom. The number of likely N-dealkylation sites (tertiary alicyclic amines) is 1. The molecule has 0 spiro atoms. The number of rotatable bonds is 4. The van der Waals surface area contributed by atoms with Crippen LogP contribution in [-0.2, 0) is 6.54 Å². The minimum Gasteiger partial charge on any atom is -0.316 e. The average Bonchev–Trinajstić information content (AvgIpc) is 2.50. The molecule has 1 aromatic rings. The largest absolute Gasteiger partial charge is 0.316 e. The van der Waals surface area contributed by atoms with Gasteiger partial charge in [0.2, 0.25) is 0 Å². The second-order valence-electron chi connectivity index (χ2n) is 6.68. The molecule has 2 atom stereocenters. The second kappa shape index (κ2) is 7.24. The second-order valence-corrected chi connectivity index (χ2v) is 6.68. The summed E-state index contributed by atoms with van der Waals surface area (Å²) in [6.07, 6.45) is 7.10. The zero-order valence-corrected chi connectivity index (χ0v) is 12.6. The van der Waals surface area contributed by atoms with E-state index in [-0.39, 0.29) is 0 Å². The minimum atomic E-state index is 0.928. The van der Waals surface area contributed by atoms with Gasteiger partial charge in [-0.1, -0.05) is 30.3 Å². The molecule has 2 heterocycles. The summed E-state index contributed by atoms with van der Waals surface area (Å²) < 4.78 is 0. The molecule has 2 heteroatoms. The molecule has 2 saturated heterocycles. The van der Waals surface area contributed by atoms with Crippen molar-refractivity contribution in [1.82, 2.24) is 10.2 Å². The molecule has 0 radical (unpaired) electrons. The van der Waals surface area contributed by atoms with E-state index in [0.717, 1.165) is 18.4 Å². The SMILES string of the molecule is c1ccc(CN2CCCC(CC3CCCNC3)C2)cc1. The normalized spacial score (nSPS) is 28.4. The van der Waals surface area contributed by atoms with Gasteiger partial charge < -0.3 is 5.32 Å². The van der Waals surface area contributed by atoms with Crippen molar-refractivity contribution in [3.05, 3.63) is 35.9 Å². The van der Waals surface area contributed by atoms with E-state index in [1.807, 2.05) is 0 Å². The van der Waals surface area contributed by atoms with Crippen molar-refractivity contribution >= 4 is 0 Å². The van der Waals surface area contributed by atoms with Crippen molar-refractivity contribution in [2.45, 2.75) is 38.6 Å². The number of nitrogens with one attached hydrogen (secondary N) is 1. The molecular weight excluding hydrogens is 244 g/mol. The van der Waals surface area contributed by atoms with Crippen LogP contribution < -0.4 is 5.32 Å². The fourth-order valence-corrected chi connectivity index (χ4v) is 3.93. The summed E-state index contributed by atoms with van der Waals surface area (Å²) in [6.45, 7) is 6.23. The summed E-state index contributed by atoms with van der Waals surface area (Å²) >= 11 is 0. The van der Waals surface area contributed by atoms with Gasteiger partial charge in [-0.3, -0.25) is 4.90 Å². The van der Waals surface area contributed by atoms with E-state index >= 15 is 0 Å². The van der Waals surface area contributed by atoms with Crippen molar-refractivity contribution in [1.29, 1.82) is 0 Å². The van der Waals surface area contributed by atoms with E-state index in [1.165, 1.54) is 63.8 Å². The monoisotopic (exact) mass is 272 g/mol. The molecule has 0 aliphatic carbocycles. The number of hydrogen-bond acceptors (Lipinski definition) is 2. The predicted molar refractivity (Wildman–Crippen MR) is 84.7 cm³/mol. The number of hydrogen-bond donors (Lipinski definition) is 1. The number of benzene rings is 1. The smallest absolute Gasteiger partial charge is 0.0233 e. The van der Waals surface area contributed by atoms with Gasteiger partial charge in [-0.15, -0.1) is 0 Å². The van der Waals surface area contributed by atoms with Gasteiger partial charge in [-0.05, 0) is 69.1 Å². The summed E-state index contributed by atoms with van der Waals surface area (Å²) in [4.78, 5) is 2.67. The topological polar surface area (TPSA) is 15.3 Å². The molecule has 0 aromatic heterocycles. The van der Waals surface area contributed by atoms with Gasteiger partial charge in [-0.2, -0.15) is 0 Å². The van der Waals surface area contributed by atoms with Crippen molar-refractivity contribution in [3.8, 4) is 0 Å². The zero-order chi connectivity index (χ0) is 13.6. The molecule has 0 bridgehead atoms. The lowest BCUT2D eigenvalue weighted by molar-refractivity contribution is 0.143. The molecule has 2 unspecified atom stereocenters. The first-order valence-corrected chi connectivity index (χ1v) is 8.37. The highest BCUT2D eigenvalue weighted by molar-refractivity contribution is 5.14. The molecule has 1 aromatic carbocycles. The highest BCUT2D eigenvalue weighted by Gasteiger charge is 2.23. The number of piperidine rings is 2. The van der Waals surface area contributed by atoms with E-state index in [4.69, 9.17) is 0 Å². The van der Waals surface area contributed by atoms with Gasteiger partial charge in [0, 0.05) is 13.1 Å². The Balaban J connectivity index is 1.48. The quantitative estimate of drug-likeness (QED) is 0.905. The first-order chi connectivity index (χ1) is 9.90. The Kier molecular flexibility index (Phi) is 5.10. The third-order valence-corrected chi connectivity index (χ3v) is 4.92. The summed E-state index contributed by atoms with van der Waals surface area (Å²) in [5, 5.41) is 3.56. The molecule has 20 heavy (non-hydrogen) atoms. The van der Waals surface area contributed by atoms with Crippen LogP contribution in [-0.4, -0.2) is 31.1 Å². The molecule has 2 fully saturated rings. The van der Waals surface area contributed by atoms with Crippen molar-refractivity contribution in [2.24, 2.45) is 11.8 Å². The fourth-order valence-electron chi connectivity index (χ4n) is 3.93. The van der Waals surface area contributed by atoms with Crippen molar-refractivity contribution < 1.29 is 0 Å². The van der Waals surface area contributed by atoms with Crippen molar-refractivity contribution in [2.75, 3.05) is 26.2 Å². The van der Waals surface area contributed by atoms with Gasteiger partial charge in [0.1, 0.15) is 0 Å². The molecule has 2 aliphatic rings. The maximum Gasteiger partial charge on any atom is 0.0233 e. The zero-order valence-electron chi connectivity index (χ0n) is 12.6. The van der Waals surface area contributed by atoms with E-state index < -0.39 is 0 Å². The van der Waals surface area contributed by atoms with Crippen molar-refractivity contribution in [3.63, 3.8) is 0 Å². The van der Waals surface area contributed by atoms with E-state index in [2.05, 4.69) is 40.5 Å². The molecule has 0 amide bonds. The molecule has 110 valence electrons. The summed E-state index contributed by atoms with van der Waals surface area (Å²) in [6, 6.07) is 10.9. The van der Waals surface area contributed by atoms with Gasteiger partial charge >= 0.3 is 0 Å². The Labute approximate surface area is 123 Å². The lowest BCUT2D eigenvalue weighted by Gasteiger charge is -2.35. The van der Waals surface area contributed by atoms with Gasteiger partial charge in [0.15, 0.2) is 0 Å². The number of nitrogens with zero attached hydrogens (tertiary/aromatic N) is 1. The lowest BCUT2D eigenvalue weighted by atomic mass is 9.85. The van der Waals surface area contributed by atoms with E-state index in [1.54, 1.807) is 0 Å². The molecular formula is C18H28N2. The van der Waals surface area contributed by atoms with Crippen LogP contribution in [0.3, 0.4) is 0 Å². The molecule has 2 aliphatic heterocycles. The van der Waals surface area contributed by atoms with Gasteiger partial charge in [-0.25, -0.2) is 0 Å². The van der Waals surface area contributed by atoms with Crippen LogP contribution in [0.2, 0.25) is 0 Å². The van der Waals surface area contributed by atoms with Crippen LogP contribution in [0.25, 0.3) is 0 Å². The lowest BCUT2D eigenvalue weighted by Crippen LogP contribution is -2.38. The minimum absolute atomic E-state index is 0.928. The maximum atomic E-state index is 3.56. The first-order valence-electron chi connectivity index (χ1n) is 8.37. The Morgan fingerprint density at radius 2 is 1.90 bits per heavy atom. The van der Waals surface area contributed by atoms with Gasteiger partial charge in [0.05, 0.1) is 0 Å². The van der Waals surface area contributed by atoms with Crippen LogP contribution in [0.5, 0.6) is 0 Å². The van der Waals surface area contributed by atoms with Crippen LogP contribution in [0.15, 0.2) is 30.3 Å². The summed E-state index contributed by atoms with van der Waals surface area (Å²) in [5.41, 5.74) is 1.47. The van der Waals surface area contributed by atoms with Gasteiger partial charge in [0.25, 0.3) is 0 Å². The maximum absolute atomic E-state index is 3.56. The van der Waals surface area contributed by atoms with Crippen LogP contribution in [0.4, 0.5) is 0 Å². The summed E-state index contributed by atoms with van der Waals surface area (Å²) in [7, 11) is 0. The first kappa shape index (κ1) is 14.1. The average molecular weight is 272 g/mol. The van der Waals surface area contributed by atoms with Crippen LogP contribution in [0, 0.1) is 11.8 Å². The fraction of sp³-hybridized carbons (Fsp3) is 0.667. The standard InChI is InChI=1S/C18H28N2/c1-2-6-16(7-3-1)14-20-11-5-9-18(15-20)12-17-8-4-10-19-13-17/h1-3,6-7,17-19H,4-5,8-15H2. The van der Waals surface area contributed by atoms with E-state index in [9.17, 15) is 0 Å². The highest BCUT2D eigenvalue weighted by atomic mass is 15.1. The van der Waals surface area contributed by atoms with Crippen LogP contribution in [0.1, 0.15) is 37.7 Å². The Morgan fingerprint density at radius 1 is 1.05 bits per heavy atom. The highest BCUT2D eigenvalue weighted by Crippen LogP contribution is 2.27. The summed E-state index contributed by atoms with van der Waals surface area (Å²) in [5.74, 6) is 1.86. The molecule has 1 N–H and O–H groups in total. The Bertz CT molecular complexity index is 384. The predicted octanol–water partition coefficient (Wildman–Crippen LogP) is 3.29. The third-order valence-electron chi connectivity index (χ3n) is 4.92. The molecule has 3 rings (SSSR count). The molecule has 2 nitrogen and oxygen atoms in total. The third kappa shape index (κ3) is 4.07. The Hall–Kier alpha value is -0.860. The van der Waals surface area contributed by atoms with E-state index in [0.29, 0.717) is 0 Å².